The molecule has 0 spiro atoms. The van der Waals surface area contributed by atoms with Crippen LogP contribution in [0.5, 0.6) is 0 Å². The second-order valence-corrected chi connectivity index (χ2v) is 7.50. The molecule has 9 nitrogen and oxygen atoms in total. The van der Waals surface area contributed by atoms with Crippen molar-refractivity contribution in [2.24, 2.45) is 27.2 Å². The maximum absolute atomic E-state index is 12.6. The lowest BCUT2D eigenvalue weighted by molar-refractivity contribution is 0.00706. The molecule has 27 heavy (non-hydrogen) atoms. The van der Waals surface area contributed by atoms with Crippen LogP contribution in [0.3, 0.4) is 0 Å². The van der Waals surface area contributed by atoms with Crippen LogP contribution in [-0.2, 0) is 4.74 Å². The highest BCUT2D eigenvalue weighted by molar-refractivity contribution is 5.99. The van der Waals surface area contributed by atoms with Gasteiger partial charge in [-0.2, -0.15) is 4.99 Å². The van der Waals surface area contributed by atoms with Crippen molar-refractivity contribution in [2.45, 2.75) is 26.4 Å². The third kappa shape index (κ3) is 6.14. The predicted octanol–water partition coefficient (Wildman–Crippen LogP) is 0.613. The van der Waals surface area contributed by atoms with Gasteiger partial charge in [0.05, 0.1) is 11.3 Å². The third-order valence-electron chi connectivity index (χ3n) is 3.95. The van der Waals surface area contributed by atoms with Crippen LogP contribution in [0.25, 0.3) is 0 Å². The fourth-order valence-corrected chi connectivity index (χ4v) is 2.66. The zero-order chi connectivity index (χ0) is 20.2. The third-order valence-corrected chi connectivity index (χ3v) is 3.95. The zero-order valence-electron chi connectivity index (χ0n) is 16.4. The number of hydrogen-bond donors (Lipinski definition) is 3. The van der Waals surface area contributed by atoms with Crippen LogP contribution in [0.4, 0.5) is 11.4 Å². The van der Waals surface area contributed by atoms with E-state index in [0.29, 0.717) is 11.3 Å². The molecule has 0 atom stereocenters. The SMILES string of the molecule is CN1CCN(c2ccc(C(=O)OC(C)(C)C)c(N=C(N)N=C(N)N)c2)CC1. The number of esters is 1. The van der Waals surface area contributed by atoms with Crippen LogP contribution < -0.4 is 22.1 Å². The summed E-state index contributed by atoms with van der Waals surface area (Å²) < 4.78 is 5.47. The summed E-state index contributed by atoms with van der Waals surface area (Å²) in [4.78, 5) is 25.0. The molecule has 0 bridgehead atoms. The highest BCUT2D eigenvalue weighted by Gasteiger charge is 2.22. The molecule has 1 aliphatic rings. The van der Waals surface area contributed by atoms with Gasteiger partial charge in [0, 0.05) is 31.9 Å². The first-order chi connectivity index (χ1) is 12.5. The van der Waals surface area contributed by atoms with Crippen molar-refractivity contribution in [3.05, 3.63) is 23.8 Å². The molecule has 0 unspecified atom stereocenters. The van der Waals surface area contributed by atoms with E-state index >= 15 is 0 Å². The van der Waals surface area contributed by atoms with Gasteiger partial charge in [0.25, 0.3) is 0 Å². The van der Waals surface area contributed by atoms with Gasteiger partial charge in [-0.1, -0.05) is 0 Å². The van der Waals surface area contributed by atoms with E-state index < -0.39 is 11.6 Å². The minimum atomic E-state index is -0.625. The highest BCUT2D eigenvalue weighted by Crippen LogP contribution is 2.29. The van der Waals surface area contributed by atoms with Gasteiger partial charge in [0.2, 0.25) is 5.96 Å². The minimum Gasteiger partial charge on any atom is -0.456 e. The van der Waals surface area contributed by atoms with E-state index in [1.165, 1.54) is 0 Å². The van der Waals surface area contributed by atoms with Gasteiger partial charge in [-0.3, -0.25) is 0 Å². The number of carbonyl (C=O) groups is 1. The first-order valence-corrected chi connectivity index (χ1v) is 8.80. The van der Waals surface area contributed by atoms with Crippen LogP contribution in [-0.4, -0.2) is 61.6 Å². The Labute approximate surface area is 159 Å². The molecule has 148 valence electrons. The first kappa shape index (κ1) is 20.5. The van der Waals surface area contributed by atoms with Crippen molar-refractivity contribution < 1.29 is 9.53 Å². The number of nitrogens with zero attached hydrogens (tertiary/aromatic N) is 4. The molecule has 1 aromatic carbocycles. The molecule has 1 aliphatic heterocycles. The molecule has 0 amide bonds. The Bertz CT molecular complexity index is 741. The van der Waals surface area contributed by atoms with Crippen molar-refractivity contribution in [3.8, 4) is 0 Å². The standard InChI is InChI=1S/C18H29N7O2/c1-18(2,3)27-15(26)13-6-5-12(25-9-7-24(4)8-10-25)11-14(13)22-17(21)23-16(19)20/h5-6,11H,7-10H2,1-4H3,(H6,19,20,21,22,23). The monoisotopic (exact) mass is 375 g/mol. The Morgan fingerprint density at radius 1 is 1.11 bits per heavy atom. The Balaban J connectivity index is 2.41. The molecule has 2 rings (SSSR count). The van der Waals surface area contributed by atoms with Gasteiger partial charge < -0.3 is 31.7 Å². The largest absolute Gasteiger partial charge is 0.456 e. The number of likely N-dealkylation sites (N-methyl/N-ethyl adjacent to an activating group) is 1. The molecule has 0 radical (unpaired) electrons. The number of hydrogen-bond acceptors (Lipinski definition) is 5. The van der Waals surface area contributed by atoms with E-state index in [9.17, 15) is 4.79 Å². The van der Waals surface area contributed by atoms with E-state index in [-0.39, 0.29) is 11.9 Å². The fourth-order valence-electron chi connectivity index (χ4n) is 2.66. The Kier molecular flexibility index (Phi) is 6.27. The molecule has 1 heterocycles. The maximum Gasteiger partial charge on any atom is 0.340 e. The molecule has 0 aromatic heterocycles. The molecular weight excluding hydrogens is 346 g/mol. The van der Waals surface area contributed by atoms with E-state index in [2.05, 4.69) is 26.8 Å². The summed E-state index contributed by atoms with van der Waals surface area (Å²) in [6, 6.07) is 5.39. The lowest BCUT2D eigenvalue weighted by Gasteiger charge is -2.34. The summed E-state index contributed by atoms with van der Waals surface area (Å²) >= 11 is 0. The van der Waals surface area contributed by atoms with Crippen LogP contribution in [0.2, 0.25) is 0 Å². The van der Waals surface area contributed by atoms with Gasteiger partial charge in [-0.15, -0.1) is 0 Å². The summed E-state index contributed by atoms with van der Waals surface area (Å²) in [7, 11) is 2.09. The summed E-state index contributed by atoms with van der Waals surface area (Å²) in [5.74, 6) is -0.815. The molecule has 1 saturated heterocycles. The lowest BCUT2D eigenvalue weighted by atomic mass is 10.1. The van der Waals surface area contributed by atoms with Crippen LogP contribution in [0.1, 0.15) is 31.1 Å². The number of aliphatic imine (C=N–C) groups is 2. The van der Waals surface area contributed by atoms with Crippen molar-refractivity contribution in [3.63, 3.8) is 0 Å². The molecule has 0 aliphatic carbocycles. The van der Waals surface area contributed by atoms with E-state index in [0.717, 1.165) is 31.9 Å². The van der Waals surface area contributed by atoms with Crippen molar-refractivity contribution in [1.82, 2.24) is 4.90 Å². The van der Waals surface area contributed by atoms with E-state index in [1.807, 2.05) is 6.07 Å². The van der Waals surface area contributed by atoms with Gasteiger partial charge in [0.15, 0.2) is 5.96 Å². The number of piperazine rings is 1. The molecule has 9 heteroatoms. The minimum absolute atomic E-state index is 0.129. The van der Waals surface area contributed by atoms with Crippen LogP contribution in [0, 0.1) is 0 Å². The predicted molar refractivity (Wildman–Crippen MR) is 108 cm³/mol. The first-order valence-electron chi connectivity index (χ1n) is 8.80. The normalized spacial score (nSPS) is 16.1. The van der Waals surface area contributed by atoms with Gasteiger partial charge >= 0.3 is 5.97 Å². The number of nitrogens with two attached hydrogens (primary N) is 3. The van der Waals surface area contributed by atoms with Gasteiger partial charge in [-0.25, -0.2) is 9.79 Å². The Morgan fingerprint density at radius 3 is 2.30 bits per heavy atom. The summed E-state index contributed by atoms with van der Waals surface area (Å²) in [6.07, 6.45) is 0. The summed E-state index contributed by atoms with van der Waals surface area (Å²) in [5.41, 5.74) is 17.5. The summed E-state index contributed by atoms with van der Waals surface area (Å²) in [5, 5.41) is 0. The highest BCUT2D eigenvalue weighted by atomic mass is 16.6. The second-order valence-electron chi connectivity index (χ2n) is 7.50. The fraction of sp³-hybridized carbons (Fsp3) is 0.500. The van der Waals surface area contributed by atoms with Crippen molar-refractivity contribution in [2.75, 3.05) is 38.1 Å². The number of carbonyl (C=O) groups excluding carboxylic acids is 1. The smallest absolute Gasteiger partial charge is 0.340 e. The number of rotatable bonds is 3. The lowest BCUT2D eigenvalue weighted by Crippen LogP contribution is -2.44. The molecule has 6 N–H and O–H groups in total. The number of benzene rings is 1. The molecular formula is C18H29N7O2. The molecule has 0 saturated carbocycles. The van der Waals surface area contributed by atoms with Gasteiger partial charge in [0.1, 0.15) is 5.60 Å². The maximum atomic E-state index is 12.6. The Morgan fingerprint density at radius 2 is 1.74 bits per heavy atom. The molecule has 1 fully saturated rings. The van der Waals surface area contributed by atoms with E-state index in [1.54, 1.807) is 32.9 Å². The average Bonchev–Trinajstić information content (AvgIpc) is 2.53. The van der Waals surface area contributed by atoms with Crippen molar-refractivity contribution in [1.29, 1.82) is 0 Å². The van der Waals surface area contributed by atoms with Crippen LogP contribution >= 0.6 is 0 Å². The van der Waals surface area contributed by atoms with Crippen LogP contribution in [0.15, 0.2) is 28.2 Å². The number of anilines is 1. The van der Waals surface area contributed by atoms with Gasteiger partial charge in [-0.05, 0) is 46.0 Å². The topological polar surface area (TPSA) is 136 Å². The quantitative estimate of drug-likeness (QED) is 0.400. The Hall–Kier alpha value is -2.81. The van der Waals surface area contributed by atoms with Crippen molar-refractivity contribution >= 4 is 29.3 Å². The zero-order valence-corrected chi connectivity index (χ0v) is 16.4. The number of ether oxygens (including phenoxy) is 1. The summed E-state index contributed by atoms with van der Waals surface area (Å²) in [6.45, 7) is 9.11. The molecule has 1 aromatic rings. The average molecular weight is 375 g/mol. The van der Waals surface area contributed by atoms with E-state index in [4.69, 9.17) is 21.9 Å². The second kappa shape index (κ2) is 8.26. The number of guanidine groups is 2.